The lowest BCUT2D eigenvalue weighted by Gasteiger charge is -2.11. The smallest absolute Gasteiger partial charge is 0.263 e. The number of nitrogens with one attached hydrogen (secondary N) is 1. The summed E-state index contributed by atoms with van der Waals surface area (Å²) in [5, 5.41) is 8.75. The van der Waals surface area contributed by atoms with Crippen molar-refractivity contribution >= 4 is 38.9 Å². The summed E-state index contributed by atoms with van der Waals surface area (Å²) in [5.74, 6) is 0. The molecule has 0 aliphatic heterocycles. The Morgan fingerprint density at radius 1 is 1.29 bits per heavy atom. The van der Waals surface area contributed by atoms with Crippen molar-refractivity contribution in [2.45, 2.75) is 11.8 Å². The fourth-order valence-electron chi connectivity index (χ4n) is 1.61. The molecule has 0 unspecified atom stereocenters. The van der Waals surface area contributed by atoms with Gasteiger partial charge in [-0.25, -0.2) is 13.4 Å². The van der Waals surface area contributed by atoms with Gasteiger partial charge in [-0.15, -0.1) is 0 Å². The molecule has 1 aromatic carbocycles. The minimum absolute atomic E-state index is 0.0361. The van der Waals surface area contributed by atoms with E-state index in [4.69, 9.17) is 28.5 Å². The molecule has 108 valence electrons. The van der Waals surface area contributed by atoms with Gasteiger partial charge in [0, 0.05) is 6.20 Å². The third-order valence-electron chi connectivity index (χ3n) is 2.57. The zero-order chi connectivity index (χ0) is 15.6. The minimum Gasteiger partial charge on any atom is -0.276 e. The van der Waals surface area contributed by atoms with Gasteiger partial charge in [-0.1, -0.05) is 23.2 Å². The average molecular weight is 342 g/mol. The van der Waals surface area contributed by atoms with Gasteiger partial charge in [0.25, 0.3) is 10.0 Å². The van der Waals surface area contributed by atoms with Gasteiger partial charge < -0.3 is 0 Å². The van der Waals surface area contributed by atoms with Crippen LogP contribution in [0.4, 0.5) is 5.69 Å². The molecule has 1 heterocycles. The Morgan fingerprint density at radius 3 is 2.62 bits per heavy atom. The molecule has 8 heteroatoms. The highest BCUT2D eigenvalue weighted by atomic mass is 35.5. The summed E-state index contributed by atoms with van der Waals surface area (Å²) in [7, 11) is -3.92. The van der Waals surface area contributed by atoms with Crippen molar-refractivity contribution in [2.75, 3.05) is 4.72 Å². The molecule has 0 fully saturated rings. The van der Waals surface area contributed by atoms with Crippen molar-refractivity contribution in [3.63, 3.8) is 0 Å². The maximum absolute atomic E-state index is 12.3. The van der Waals surface area contributed by atoms with Gasteiger partial charge in [0.15, 0.2) is 5.15 Å². The Labute approximate surface area is 132 Å². The number of anilines is 1. The molecule has 21 heavy (non-hydrogen) atoms. The maximum Gasteiger partial charge on any atom is 0.263 e. The van der Waals surface area contributed by atoms with Crippen LogP contribution in [0.1, 0.15) is 11.1 Å². The lowest BCUT2D eigenvalue weighted by atomic mass is 10.2. The highest BCUT2D eigenvalue weighted by Crippen LogP contribution is 2.27. The molecule has 0 saturated carbocycles. The summed E-state index contributed by atoms with van der Waals surface area (Å²) < 4.78 is 27.0. The number of rotatable bonds is 3. The van der Waals surface area contributed by atoms with Crippen LogP contribution in [-0.4, -0.2) is 13.4 Å². The van der Waals surface area contributed by atoms with Crippen molar-refractivity contribution in [1.82, 2.24) is 4.98 Å². The summed E-state index contributed by atoms with van der Waals surface area (Å²) in [6.07, 6.45) is 1.52. The van der Waals surface area contributed by atoms with E-state index in [2.05, 4.69) is 9.71 Å². The van der Waals surface area contributed by atoms with Crippen LogP contribution in [0.2, 0.25) is 10.2 Å². The van der Waals surface area contributed by atoms with E-state index in [1.54, 1.807) is 13.0 Å². The molecule has 0 radical (unpaired) electrons. The first-order valence-electron chi connectivity index (χ1n) is 5.68. The second kappa shape index (κ2) is 5.90. The van der Waals surface area contributed by atoms with E-state index >= 15 is 0 Å². The zero-order valence-corrected chi connectivity index (χ0v) is 13.1. The van der Waals surface area contributed by atoms with Gasteiger partial charge in [-0.2, -0.15) is 5.26 Å². The van der Waals surface area contributed by atoms with E-state index in [1.165, 1.54) is 24.4 Å². The van der Waals surface area contributed by atoms with E-state index in [0.717, 1.165) is 5.56 Å². The molecule has 5 nitrogen and oxygen atoms in total. The predicted octanol–water partition coefficient (Wildman–Crippen LogP) is 3.37. The Bertz CT molecular complexity index is 845. The van der Waals surface area contributed by atoms with Crippen molar-refractivity contribution < 1.29 is 8.42 Å². The first-order chi connectivity index (χ1) is 9.83. The number of benzene rings is 1. The number of nitriles is 1. The van der Waals surface area contributed by atoms with Crippen molar-refractivity contribution in [2.24, 2.45) is 0 Å². The molecule has 1 aromatic heterocycles. The van der Waals surface area contributed by atoms with Crippen LogP contribution in [0.5, 0.6) is 0 Å². The SMILES string of the molecule is Cc1cnc(Cl)c(NS(=O)(=O)c2ccc(C#N)cc2Cl)c1. The minimum atomic E-state index is -3.92. The first-order valence-corrected chi connectivity index (χ1v) is 7.92. The number of nitrogens with zero attached hydrogens (tertiary/aromatic N) is 2. The van der Waals surface area contributed by atoms with E-state index in [0.29, 0.717) is 0 Å². The van der Waals surface area contributed by atoms with Gasteiger partial charge in [0.2, 0.25) is 0 Å². The number of sulfonamides is 1. The lowest BCUT2D eigenvalue weighted by Crippen LogP contribution is -2.14. The highest BCUT2D eigenvalue weighted by molar-refractivity contribution is 7.92. The van der Waals surface area contributed by atoms with Gasteiger partial charge in [-0.3, -0.25) is 4.72 Å². The Morgan fingerprint density at radius 2 is 2.00 bits per heavy atom. The van der Waals surface area contributed by atoms with Crippen LogP contribution in [-0.2, 0) is 10.0 Å². The third kappa shape index (κ3) is 3.45. The molecule has 0 saturated heterocycles. The monoisotopic (exact) mass is 341 g/mol. The number of hydrogen-bond donors (Lipinski definition) is 1. The van der Waals surface area contributed by atoms with Crippen molar-refractivity contribution in [3.8, 4) is 6.07 Å². The zero-order valence-electron chi connectivity index (χ0n) is 10.8. The van der Waals surface area contributed by atoms with E-state index < -0.39 is 10.0 Å². The highest BCUT2D eigenvalue weighted by Gasteiger charge is 2.20. The molecule has 0 aliphatic carbocycles. The van der Waals surface area contributed by atoms with Crippen LogP contribution < -0.4 is 4.72 Å². The second-order valence-corrected chi connectivity index (χ2v) is 6.63. The van der Waals surface area contributed by atoms with Gasteiger partial charge >= 0.3 is 0 Å². The van der Waals surface area contributed by atoms with Gasteiger partial charge in [0.1, 0.15) is 4.90 Å². The molecule has 1 N–H and O–H groups in total. The van der Waals surface area contributed by atoms with Gasteiger partial charge in [0.05, 0.1) is 22.3 Å². The van der Waals surface area contributed by atoms with Crippen molar-refractivity contribution in [3.05, 3.63) is 51.8 Å². The molecule has 0 spiro atoms. The van der Waals surface area contributed by atoms with Crippen molar-refractivity contribution in [1.29, 1.82) is 5.26 Å². The molecular formula is C13H9Cl2N3O2S. The summed E-state index contributed by atoms with van der Waals surface area (Å²) in [6, 6.07) is 7.36. The van der Waals surface area contributed by atoms with E-state index in [-0.39, 0.29) is 26.3 Å². The second-order valence-electron chi connectivity index (χ2n) is 4.21. The standard InChI is InChI=1S/C13H9Cl2N3O2S/c1-8-4-11(13(15)17-7-8)18-21(19,20)12-3-2-9(6-16)5-10(12)14/h2-5,7,18H,1H3. The summed E-state index contributed by atoms with van der Waals surface area (Å²) in [6.45, 7) is 1.76. The predicted molar refractivity (Wildman–Crippen MR) is 81.0 cm³/mol. The largest absolute Gasteiger partial charge is 0.276 e. The fraction of sp³-hybridized carbons (Fsp3) is 0.0769. The van der Waals surface area contributed by atoms with Crippen LogP contribution >= 0.6 is 23.2 Å². The van der Waals surface area contributed by atoms with Crippen LogP contribution in [0.25, 0.3) is 0 Å². The Kier molecular flexibility index (Phi) is 4.37. The molecule has 0 amide bonds. The molecule has 2 rings (SSSR count). The lowest BCUT2D eigenvalue weighted by molar-refractivity contribution is 0.601. The third-order valence-corrected chi connectivity index (χ3v) is 4.72. The molecule has 2 aromatic rings. The summed E-state index contributed by atoms with van der Waals surface area (Å²) in [4.78, 5) is 3.73. The molecule has 0 aliphatic rings. The molecule has 0 atom stereocenters. The van der Waals surface area contributed by atoms with Crippen LogP contribution in [0, 0.1) is 18.3 Å². The fourth-order valence-corrected chi connectivity index (χ4v) is 3.42. The number of aromatic nitrogens is 1. The quantitative estimate of drug-likeness (QED) is 0.867. The van der Waals surface area contributed by atoms with E-state index in [1.807, 2.05) is 6.07 Å². The number of pyridine rings is 1. The molecule has 0 bridgehead atoms. The number of aryl methyl sites for hydroxylation is 1. The number of halogens is 2. The van der Waals surface area contributed by atoms with E-state index in [9.17, 15) is 8.42 Å². The summed E-state index contributed by atoms with van der Waals surface area (Å²) >= 11 is 11.8. The average Bonchev–Trinajstić information content (AvgIpc) is 2.42. The topological polar surface area (TPSA) is 82.8 Å². The molecular weight excluding hydrogens is 333 g/mol. The normalized spacial score (nSPS) is 11.0. The van der Waals surface area contributed by atoms with Gasteiger partial charge in [-0.05, 0) is 36.8 Å². The van der Waals surface area contributed by atoms with Crippen LogP contribution in [0.15, 0.2) is 35.4 Å². The Hall–Kier alpha value is -1.81. The number of hydrogen-bond acceptors (Lipinski definition) is 4. The summed E-state index contributed by atoms with van der Waals surface area (Å²) in [5.41, 5.74) is 1.19. The maximum atomic E-state index is 12.3. The van der Waals surface area contributed by atoms with Crippen LogP contribution in [0.3, 0.4) is 0 Å². The first kappa shape index (κ1) is 15.6. The Balaban J connectivity index is 2.44.